The number of carboxylic acids is 1. The van der Waals surface area contributed by atoms with E-state index in [1.807, 2.05) is 13.0 Å². The van der Waals surface area contributed by atoms with Crippen LogP contribution >= 0.6 is 15.9 Å². The second-order valence-electron chi connectivity index (χ2n) is 4.84. The predicted molar refractivity (Wildman–Crippen MR) is 68.2 cm³/mol. The fraction of sp³-hybridized carbons (Fsp3) is 0.462. The van der Waals surface area contributed by atoms with Crippen LogP contribution in [0.3, 0.4) is 0 Å². The molecule has 0 unspecified atom stereocenters. The van der Waals surface area contributed by atoms with Crippen molar-refractivity contribution in [3.63, 3.8) is 0 Å². The van der Waals surface area contributed by atoms with Gasteiger partial charge in [0, 0.05) is 0 Å². The standard InChI is InChI=1S/C13H13BrO4/c1-7-8(13(12(15)16)3-2-4-13)5-9-11(10(7)14)18-6-17-9/h5H,2-4,6H2,1H3,(H,15,16). The molecule has 18 heavy (non-hydrogen) atoms. The second kappa shape index (κ2) is 3.88. The summed E-state index contributed by atoms with van der Waals surface area (Å²) in [5, 5.41) is 9.51. The molecule has 1 aliphatic carbocycles. The van der Waals surface area contributed by atoms with Crippen molar-refractivity contribution in [2.24, 2.45) is 0 Å². The molecule has 0 amide bonds. The molecule has 0 atom stereocenters. The average molecular weight is 313 g/mol. The zero-order chi connectivity index (χ0) is 12.9. The van der Waals surface area contributed by atoms with Crippen molar-refractivity contribution in [1.82, 2.24) is 0 Å². The third-order valence-corrected chi connectivity index (χ3v) is 4.94. The van der Waals surface area contributed by atoms with Crippen LogP contribution in [-0.2, 0) is 10.2 Å². The Balaban J connectivity index is 2.19. The Morgan fingerprint density at radius 1 is 1.44 bits per heavy atom. The van der Waals surface area contributed by atoms with Gasteiger partial charge in [-0.15, -0.1) is 0 Å². The van der Waals surface area contributed by atoms with E-state index in [1.54, 1.807) is 0 Å². The van der Waals surface area contributed by atoms with E-state index in [9.17, 15) is 9.90 Å². The molecular weight excluding hydrogens is 300 g/mol. The maximum absolute atomic E-state index is 11.6. The summed E-state index contributed by atoms with van der Waals surface area (Å²) >= 11 is 3.48. The van der Waals surface area contributed by atoms with Gasteiger partial charge in [-0.05, 0) is 52.9 Å². The van der Waals surface area contributed by atoms with Gasteiger partial charge in [-0.25, -0.2) is 0 Å². The molecule has 4 nitrogen and oxygen atoms in total. The summed E-state index contributed by atoms with van der Waals surface area (Å²) in [6, 6.07) is 1.83. The van der Waals surface area contributed by atoms with Crippen molar-refractivity contribution in [2.75, 3.05) is 6.79 Å². The van der Waals surface area contributed by atoms with Crippen molar-refractivity contribution in [3.05, 3.63) is 21.7 Å². The lowest BCUT2D eigenvalue weighted by Crippen LogP contribution is -2.42. The molecule has 1 fully saturated rings. The molecule has 0 bridgehead atoms. The van der Waals surface area contributed by atoms with E-state index in [0.717, 1.165) is 22.0 Å². The molecule has 2 aliphatic rings. The van der Waals surface area contributed by atoms with Crippen molar-refractivity contribution < 1.29 is 19.4 Å². The Morgan fingerprint density at radius 3 is 2.72 bits per heavy atom. The molecule has 1 heterocycles. The Labute approximate surface area is 113 Å². The number of halogens is 1. The van der Waals surface area contributed by atoms with Gasteiger partial charge in [-0.1, -0.05) is 6.42 Å². The first kappa shape index (κ1) is 11.8. The maximum Gasteiger partial charge on any atom is 0.314 e. The van der Waals surface area contributed by atoms with E-state index in [4.69, 9.17) is 9.47 Å². The number of aliphatic carboxylic acids is 1. The minimum absolute atomic E-state index is 0.191. The Morgan fingerprint density at radius 2 is 2.17 bits per heavy atom. The van der Waals surface area contributed by atoms with Gasteiger partial charge in [0.15, 0.2) is 11.5 Å². The van der Waals surface area contributed by atoms with Crippen LogP contribution in [0, 0.1) is 6.92 Å². The van der Waals surface area contributed by atoms with E-state index < -0.39 is 11.4 Å². The van der Waals surface area contributed by atoms with Crippen LogP contribution < -0.4 is 9.47 Å². The number of carbonyl (C=O) groups is 1. The highest BCUT2D eigenvalue weighted by Crippen LogP contribution is 2.51. The first-order chi connectivity index (χ1) is 8.56. The monoisotopic (exact) mass is 312 g/mol. The van der Waals surface area contributed by atoms with Gasteiger partial charge in [0.2, 0.25) is 6.79 Å². The number of fused-ring (bicyclic) bond motifs is 1. The van der Waals surface area contributed by atoms with E-state index in [0.29, 0.717) is 24.3 Å². The second-order valence-corrected chi connectivity index (χ2v) is 5.63. The van der Waals surface area contributed by atoms with Gasteiger partial charge in [0.25, 0.3) is 0 Å². The summed E-state index contributed by atoms with van der Waals surface area (Å²) in [6.45, 7) is 2.11. The highest BCUT2D eigenvalue weighted by atomic mass is 79.9. The van der Waals surface area contributed by atoms with Crippen LogP contribution in [-0.4, -0.2) is 17.9 Å². The number of rotatable bonds is 2. The summed E-state index contributed by atoms with van der Waals surface area (Å²) in [4.78, 5) is 11.6. The fourth-order valence-corrected chi connectivity index (χ4v) is 3.24. The number of hydrogen-bond donors (Lipinski definition) is 1. The molecule has 0 spiro atoms. The van der Waals surface area contributed by atoms with Crippen molar-refractivity contribution >= 4 is 21.9 Å². The average Bonchev–Trinajstić information content (AvgIpc) is 2.71. The first-order valence-electron chi connectivity index (χ1n) is 5.89. The molecule has 0 aromatic heterocycles. The Kier molecular flexibility index (Phi) is 2.55. The van der Waals surface area contributed by atoms with Crippen LogP contribution in [0.1, 0.15) is 30.4 Å². The lowest BCUT2D eigenvalue weighted by molar-refractivity contribution is -0.147. The third-order valence-electron chi connectivity index (χ3n) is 3.98. The van der Waals surface area contributed by atoms with Gasteiger partial charge in [-0.3, -0.25) is 4.79 Å². The molecule has 1 saturated carbocycles. The van der Waals surface area contributed by atoms with Gasteiger partial charge in [-0.2, -0.15) is 0 Å². The summed E-state index contributed by atoms with van der Waals surface area (Å²) in [5.41, 5.74) is 1.03. The molecular formula is C13H13BrO4. The van der Waals surface area contributed by atoms with Crippen molar-refractivity contribution in [2.45, 2.75) is 31.6 Å². The van der Waals surface area contributed by atoms with Crippen LogP contribution in [0.5, 0.6) is 11.5 Å². The zero-order valence-corrected chi connectivity index (χ0v) is 11.5. The summed E-state index contributed by atoms with van der Waals surface area (Å²) in [7, 11) is 0. The molecule has 0 radical (unpaired) electrons. The molecule has 0 saturated heterocycles. The number of ether oxygens (including phenoxy) is 2. The van der Waals surface area contributed by atoms with Crippen LogP contribution in [0.25, 0.3) is 0 Å². The van der Waals surface area contributed by atoms with E-state index >= 15 is 0 Å². The highest BCUT2D eigenvalue weighted by Gasteiger charge is 2.47. The molecule has 1 aromatic rings. The fourth-order valence-electron chi connectivity index (χ4n) is 2.72. The summed E-state index contributed by atoms with van der Waals surface area (Å²) in [5.74, 6) is 0.564. The third kappa shape index (κ3) is 1.40. The lowest BCUT2D eigenvalue weighted by atomic mass is 9.63. The molecule has 1 aliphatic heterocycles. The smallest absolute Gasteiger partial charge is 0.314 e. The number of carboxylic acid groups (broad SMARTS) is 1. The van der Waals surface area contributed by atoms with Crippen LogP contribution in [0.2, 0.25) is 0 Å². The molecule has 1 aromatic carbocycles. The summed E-state index contributed by atoms with van der Waals surface area (Å²) < 4.78 is 11.6. The van der Waals surface area contributed by atoms with Gasteiger partial charge >= 0.3 is 5.97 Å². The quantitative estimate of drug-likeness (QED) is 0.912. The van der Waals surface area contributed by atoms with E-state index in [1.165, 1.54) is 0 Å². The lowest BCUT2D eigenvalue weighted by Gasteiger charge is -2.39. The van der Waals surface area contributed by atoms with Gasteiger partial charge < -0.3 is 14.6 Å². The zero-order valence-electron chi connectivity index (χ0n) is 9.96. The largest absolute Gasteiger partial charge is 0.481 e. The highest BCUT2D eigenvalue weighted by molar-refractivity contribution is 9.10. The predicted octanol–water partition coefficient (Wildman–Crippen LogP) is 2.99. The minimum atomic E-state index is -0.748. The topological polar surface area (TPSA) is 55.8 Å². The minimum Gasteiger partial charge on any atom is -0.481 e. The summed E-state index contributed by atoms with van der Waals surface area (Å²) in [6.07, 6.45) is 2.34. The van der Waals surface area contributed by atoms with E-state index in [-0.39, 0.29) is 6.79 Å². The molecule has 1 N–H and O–H groups in total. The Hall–Kier alpha value is -1.23. The van der Waals surface area contributed by atoms with Gasteiger partial charge in [0.1, 0.15) is 0 Å². The normalized spacial score (nSPS) is 19.4. The van der Waals surface area contributed by atoms with Crippen molar-refractivity contribution in [3.8, 4) is 11.5 Å². The van der Waals surface area contributed by atoms with Crippen LogP contribution in [0.4, 0.5) is 0 Å². The number of hydrogen-bond acceptors (Lipinski definition) is 3. The Bertz CT molecular complexity index is 534. The van der Waals surface area contributed by atoms with Crippen molar-refractivity contribution in [1.29, 1.82) is 0 Å². The van der Waals surface area contributed by atoms with E-state index in [2.05, 4.69) is 15.9 Å². The molecule has 96 valence electrons. The SMILES string of the molecule is Cc1c(C2(C(=O)O)CCC2)cc2c(c1Br)OCO2. The van der Waals surface area contributed by atoms with Crippen LogP contribution in [0.15, 0.2) is 10.5 Å². The first-order valence-corrected chi connectivity index (χ1v) is 6.68. The maximum atomic E-state index is 11.6. The molecule has 3 rings (SSSR count). The number of benzene rings is 1. The molecule has 5 heteroatoms. The van der Waals surface area contributed by atoms with Gasteiger partial charge in [0.05, 0.1) is 9.89 Å².